The van der Waals surface area contributed by atoms with E-state index in [2.05, 4.69) is 0 Å². The summed E-state index contributed by atoms with van der Waals surface area (Å²) in [6, 6.07) is 6.07. The van der Waals surface area contributed by atoms with Gasteiger partial charge in [-0.3, -0.25) is 9.69 Å². The minimum absolute atomic E-state index is 0.0856. The predicted octanol–water partition coefficient (Wildman–Crippen LogP) is 0.900. The molecule has 1 aliphatic heterocycles. The van der Waals surface area contributed by atoms with E-state index in [4.69, 9.17) is 11.0 Å². The number of piperidine rings is 1. The van der Waals surface area contributed by atoms with Crippen LogP contribution in [-0.2, 0) is 11.3 Å². The van der Waals surface area contributed by atoms with Gasteiger partial charge < -0.3 is 10.8 Å². The lowest BCUT2D eigenvalue weighted by atomic mass is 9.89. The summed E-state index contributed by atoms with van der Waals surface area (Å²) in [7, 11) is 0. The van der Waals surface area contributed by atoms with Crippen molar-refractivity contribution >= 4 is 5.91 Å². The number of carbonyl (C=O) groups excluding carboxylic acids is 1. The maximum absolute atomic E-state index is 13.3. The molecule has 112 valence electrons. The van der Waals surface area contributed by atoms with Crippen LogP contribution in [0.5, 0.6) is 0 Å². The number of rotatable bonds is 4. The molecule has 6 heteroatoms. The monoisotopic (exact) mass is 291 g/mol. The number of benzene rings is 1. The number of hydrogen-bond donors (Lipinski definition) is 2. The molecule has 1 amide bonds. The first-order valence-corrected chi connectivity index (χ1v) is 6.83. The van der Waals surface area contributed by atoms with Crippen molar-refractivity contribution in [1.82, 2.24) is 4.90 Å². The Kier molecular flexibility index (Phi) is 4.56. The van der Waals surface area contributed by atoms with Gasteiger partial charge in [0.05, 0.1) is 23.7 Å². The quantitative estimate of drug-likeness (QED) is 0.862. The first-order valence-electron chi connectivity index (χ1n) is 6.83. The molecule has 5 nitrogen and oxygen atoms in total. The van der Waals surface area contributed by atoms with Crippen LogP contribution in [0.2, 0.25) is 0 Å². The van der Waals surface area contributed by atoms with Gasteiger partial charge in [0.2, 0.25) is 5.91 Å². The highest BCUT2D eigenvalue weighted by Crippen LogP contribution is 2.26. The Labute approximate surface area is 122 Å². The maximum atomic E-state index is 13.3. The van der Waals surface area contributed by atoms with Crippen molar-refractivity contribution in [2.24, 2.45) is 5.73 Å². The lowest BCUT2D eigenvalue weighted by Crippen LogP contribution is -2.49. The third-order valence-electron chi connectivity index (χ3n) is 3.72. The number of carbonyl (C=O) groups is 1. The number of likely N-dealkylation sites (tertiary alicyclic amines) is 1. The second-order valence-electron chi connectivity index (χ2n) is 5.59. The lowest BCUT2D eigenvalue weighted by molar-refractivity contribution is -0.125. The second kappa shape index (κ2) is 6.20. The van der Waals surface area contributed by atoms with Crippen LogP contribution in [0.15, 0.2) is 18.2 Å². The summed E-state index contributed by atoms with van der Waals surface area (Å²) in [5, 5.41) is 19.4. The number of β-amino-alcohol motifs (C(OH)–C–C–N with tert-alkyl or cyclic N) is 1. The van der Waals surface area contributed by atoms with Gasteiger partial charge in [0.1, 0.15) is 5.82 Å². The van der Waals surface area contributed by atoms with E-state index in [9.17, 15) is 14.3 Å². The molecule has 0 saturated carbocycles. The van der Waals surface area contributed by atoms with Crippen LogP contribution in [0.1, 0.15) is 30.4 Å². The molecule has 3 N–H and O–H groups in total. The van der Waals surface area contributed by atoms with Crippen molar-refractivity contribution in [3.63, 3.8) is 0 Å². The molecule has 0 aliphatic carbocycles. The van der Waals surface area contributed by atoms with Crippen LogP contribution in [0.25, 0.3) is 0 Å². The molecule has 1 heterocycles. The highest BCUT2D eigenvalue weighted by Gasteiger charge is 2.34. The van der Waals surface area contributed by atoms with Crippen LogP contribution in [0.3, 0.4) is 0 Å². The van der Waals surface area contributed by atoms with Crippen molar-refractivity contribution in [2.75, 3.05) is 13.1 Å². The van der Waals surface area contributed by atoms with Crippen LogP contribution < -0.4 is 5.73 Å². The number of nitriles is 1. The van der Waals surface area contributed by atoms with Crippen molar-refractivity contribution in [1.29, 1.82) is 5.26 Å². The summed E-state index contributed by atoms with van der Waals surface area (Å²) in [5.41, 5.74) is 5.03. The fraction of sp³-hybridized carbons (Fsp3) is 0.467. The Morgan fingerprint density at radius 2 is 2.33 bits per heavy atom. The number of nitrogens with two attached hydrogens (primary N) is 1. The Bertz CT molecular complexity index is 585. The van der Waals surface area contributed by atoms with E-state index in [0.29, 0.717) is 24.1 Å². The Morgan fingerprint density at radius 1 is 1.57 bits per heavy atom. The molecule has 0 spiro atoms. The van der Waals surface area contributed by atoms with Crippen LogP contribution >= 0.6 is 0 Å². The largest absolute Gasteiger partial charge is 0.388 e. The fourth-order valence-corrected chi connectivity index (χ4v) is 2.85. The molecule has 21 heavy (non-hydrogen) atoms. The zero-order valence-electron chi connectivity index (χ0n) is 11.7. The Balaban J connectivity index is 2.11. The molecule has 2 rings (SSSR count). The lowest BCUT2D eigenvalue weighted by Gasteiger charge is -2.38. The van der Waals surface area contributed by atoms with E-state index in [0.717, 1.165) is 13.0 Å². The first-order chi connectivity index (χ1) is 9.92. The van der Waals surface area contributed by atoms with Gasteiger partial charge in [0.15, 0.2) is 0 Å². The molecule has 0 bridgehead atoms. The molecule has 1 aromatic carbocycles. The first kappa shape index (κ1) is 15.4. The van der Waals surface area contributed by atoms with Gasteiger partial charge in [0, 0.05) is 13.1 Å². The smallest absolute Gasteiger partial charge is 0.220 e. The van der Waals surface area contributed by atoms with E-state index < -0.39 is 17.3 Å². The maximum Gasteiger partial charge on any atom is 0.220 e. The normalized spacial score (nSPS) is 22.7. The topological polar surface area (TPSA) is 90.3 Å². The minimum atomic E-state index is -1.13. The van der Waals surface area contributed by atoms with Gasteiger partial charge in [0.25, 0.3) is 0 Å². The van der Waals surface area contributed by atoms with Crippen molar-refractivity contribution < 1.29 is 14.3 Å². The second-order valence-corrected chi connectivity index (χ2v) is 5.59. The van der Waals surface area contributed by atoms with Gasteiger partial charge in [-0.2, -0.15) is 5.26 Å². The summed E-state index contributed by atoms with van der Waals surface area (Å²) in [5.74, 6) is -0.934. The molecule has 1 saturated heterocycles. The van der Waals surface area contributed by atoms with Crippen LogP contribution in [-0.4, -0.2) is 34.6 Å². The van der Waals surface area contributed by atoms with Gasteiger partial charge >= 0.3 is 0 Å². The summed E-state index contributed by atoms with van der Waals surface area (Å²) in [6.07, 6.45) is 1.15. The van der Waals surface area contributed by atoms with Crippen molar-refractivity contribution in [2.45, 2.75) is 31.4 Å². The highest BCUT2D eigenvalue weighted by atomic mass is 19.1. The van der Waals surface area contributed by atoms with Gasteiger partial charge in [-0.1, -0.05) is 0 Å². The van der Waals surface area contributed by atoms with E-state index in [1.165, 1.54) is 18.2 Å². The number of primary amides is 1. The molecule has 1 aromatic rings. The van der Waals surface area contributed by atoms with Crippen molar-refractivity contribution in [3.8, 4) is 6.07 Å². The molecule has 1 unspecified atom stereocenters. The number of hydrogen-bond acceptors (Lipinski definition) is 4. The number of amides is 1. The highest BCUT2D eigenvalue weighted by molar-refractivity contribution is 5.75. The van der Waals surface area contributed by atoms with Crippen LogP contribution in [0, 0.1) is 17.1 Å². The van der Waals surface area contributed by atoms with E-state index in [-0.39, 0.29) is 13.0 Å². The summed E-state index contributed by atoms with van der Waals surface area (Å²) in [4.78, 5) is 13.0. The van der Waals surface area contributed by atoms with Gasteiger partial charge in [-0.25, -0.2) is 4.39 Å². The molecule has 1 fully saturated rings. The Morgan fingerprint density at radius 3 is 3.00 bits per heavy atom. The molecule has 1 atom stereocenters. The number of aliphatic hydroxyl groups is 1. The fourth-order valence-electron chi connectivity index (χ4n) is 2.85. The average molecular weight is 291 g/mol. The van der Waals surface area contributed by atoms with Crippen LogP contribution in [0.4, 0.5) is 4.39 Å². The third kappa shape index (κ3) is 4.00. The van der Waals surface area contributed by atoms with Crippen molar-refractivity contribution in [3.05, 3.63) is 35.1 Å². The number of halogens is 1. The average Bonchev–Trinajstić information content (AvgIpc) is 2.37. The molecular weight excluding hydrogens is 273 g/mol. The van der Waals surface area contributed by atoms with E-state index in [1.807, 2.05) is 11.0 Å². The molecular formula is C15H18FN3O2. The third-order valence-corrected chi connectivity index (χ3v) is 3.72. The van der Waals surface area contributed by atoms with Gasteiger partial charge in [-0.15, -0.1) is 0 Å². The summed E-state index contributed by atoms with van der Waals surface area (Å²) in [6.45, 7) is 1.38. The Hall–Kier alpha value is -1.97. The van der Waals surface area contributed by atoms with Gasteiger partial charge in [-0.05, 0) is 43.1 Å². The summed E-state index contributed by atoms with van der Waals surface area (Å²) < 4.78 is 13.3. The minimum Gasteiger partial charge on any atom is -0.388 e. The van der Waals surface area contributed by atoms with E-state index >= 15 is 0 Å². The summed E-state index contributed by atoms with van der Waals surface area (Å²) >= 11 is 0. The standard InChI is InChI=1S/C15H18FN3O2/c16-13-3-2-11(8-17)12(6-13)9-19-5-1-4-15(21,10-19)7-14(18)20/h2-3,6,21H,1,4-5,7,9-10H2,(H2,18,20). The number of nitrogens with zero attached hydrogens (tertiary/aromatic N) is 2. The zero-order chi connectivity index (χ0) is 15.5. The van der Waals surface area contributed by atoms with E-state index in [1.54, 1.807) is 0 Å². The molecule has 0 aromatic heterocycles. The molecule has 1 aliphatic rings. The predicted molar refractivity (Wildman–Crippen MR) is 74.4 cm³/mol. The zero-order valence-corrected chi connectivity index (χ0v) is 11.7. The molecule has 0 radical (unpaired) electrons. The SMILES string of the molecule is N#Cc1ccc(F)cc1CN1CCCC(O)(CC(N)=O)C1.